The lowest BCUT2D eigenvalue weighted by Crippen LogP contribution is -2.31. The normalized spacial score (nSPS) is 10.6. The van der Waals surface area contributed by atoms with Gasteiger partial charge in [-0.2, -0.15) is 4.37 Å². The SMILES string of the molecule is Cc1cc(F)c(COc2nsc(NC(=O)NCCCN)c2C(N)=O)c(F)c1F. The van der Waals surface area contributed by atoms with Gasteiger partial charge in [-0.1, -0.05) is 0 Å². The molecule has 2 rings (SSSR count). The van der Waals surface area contributed by atoms with Gasteiger partial charge in [-0.25, -0.2) is 18.0 Å². The van der Waals surface area contributed by atoms with Gasteiger partial charge in [0.15, 0.2) is 11.6 Å². The van der Waals surface area contributed by atoms with Gasteiger partial charge < -0.3 is 21.5 Å². The molecule has 1 aromatic carbocycles. The Balaban J connectivity index is 2.17. The fourth-order valence-electron chi connectivity index (χ4n) is 2.15. The molecule has 28 heavy (non-hydrogen) atoms. The summed E-state index contributed by atoms with van der Waals surface area (Å²) < 4.78 is 50.5. The summed E-state index contributed by atoms with van der Waals surface area (Å²) in [5.74, 6) is -4.92. The van der Waals surface area contributed by atoms with Crippen molar-refractivity contribution in [3.8, 4) is 5.88 Å². The highest BCUT2D eigenvalue weighted by molar-refractivity contribution is 7.11. The minimum Gasteiger partial charge on any atom is -0.471 e. The molecule has 0 radical (unpaired) electrons. The molecule has 0 bridgehead atoms. The van der Waals surface area contributed by atoms with Crippen LogP contribution in [0.1, 0.15) is 27.9 Å². The number of rotatable bonds is 8. The first-order valence-electron chi connectivity index (χ1n) is 8.06. The van der Waals surface area contributed by atoms with Crippen LogP contribution in [0.4, 0.5) is 23.0 Å². The number of ether oxygens (including phenoxy) is 1. The summed E-state index contributed by atoms with van der Waals surface area (Å²) in [5.41, 5.74) is 9.47. The zero-order valence-corrected chi connectivity index (χ0v) is 15.6. The Kier molecular flexibility index (Phi) is 7.18. The monoisotopic (exact) mass is 417 g/mol. The van der Waals surface area contributed by atoms with E-state index >= 15 is 0 Å². The van der Waals surface area contributed by atoms with E-state index in [0.717, 1.165) is 6.07 Å². The lowest BCUT2D eigenvalue weighted by Gasteiger charge is -2.10. The second-order valence-electron chi connectivity index (χ2n) is 5.65. The lowest BCUT2D eigenvalue weighted by molar-refractivity contribution is 0.0996. The molecule has 152 valence electrons. The lowest BCUT2D eigenvalue weighted by atomic mass is 10.1. The molecule has 0 aliphatic rings. The number of nitrogens with two attached hydrogens (primary N) is 2. The second kappa shape index (κ2) is 9.37. The Labute approximate surface area is 162 Å². The van der Waals surface area contributed by atoms with E-state index in [1.807, 2.05) is 0 Å². The van der Waals surface area contributed by atoms with Crippen LogP contribution in [0.15, 0.2) is 6.07 Å². The average Bonchev–Trinajstić information content (AvgIpc) is 3.02. The van der Waals surface area contributed by atoms with Gasteiger partial charge in [0.05, 0.1) is 5.56 Å². The number of aromatic nitrogens is 1. The number of aryl methyl sites for hydroxylation is 1. The van der Waals surface area contributed by atoms with Crippen LogP contribution in [-0.2, 0) is 6.61 Å². The molecule has 0 aliphatic carbocycles. The van der Waals surface area contributed by atoms with Crippen LogP contribution in [0, 0.1) is 24.4 Å². The molecule has 3 amide bonds. The molecule has 0 spiro atoms. The van der Waals surface area contributed by atoms with Gasteiger partial charge in [-0.15, -0.1) is 0 Å². The van der Waals surface area contributed by atoms with Crippen molar-refractivity contribution >= 4 is 28.5 Å². The molecule has 1 heterocycles. The number of hydrogen-bond donors (Lipinski definition) is 4. The standard InChI is InChI=1S/C16H18F3N5O3S/c1-7-5-9(17)8(12(19)11(7)18)6-27-14-10(13(21)25)15(28-24-14)23-16(26)22-4-2-3-20/h5H,2-4,6,20H2,1H3,(H2,21,25)(H2,22,23,26). The number of hydrogen-bond acceptors (Lipinski definition) is 6. The van der Waals surface area contributed by atoms with Gasteiger partial charge in [0.1, 0.15) is 23.0 Å². The number of anilines is 1. The Morgan fingerprint density at radius 3 is 2.64 bits per heavy atom. The number of benzene rings is 1. The molecular weight excluding hydrogens is 399 g/mol. The van der Waals surface area contributed by atoms with Crippen molar-refractivity contribution in [1.82, 2.24) is 9.69 Å². The highest BCUT2D eigenvalue weighted by Crippen LogP contribution is 2.31. The molecule has 1 aromatic heterocycles. The fourth-order valence-corrected chi connectivity index (χ4v) is 2.89. The van der Waals surface area contributed by atoms with Crippen molar-refractivity contribution in [3.63, 3.8) is 0 Å². The van der Waals surface area contributed by atoms with Crippen LogP contribution in [0.3, 0.4) is 0 Å². The highest BCUT2D eigenvalue weighted by Gasteiger charge is 2.24. The zero-order valence-electron chi connectivity index (χ0n) is 14.8. The van der Waals surface area contributed by atoms with Gasteiger partial charge in [-0.05, 0) is 43.1 Å². The number of amides is 3. The number of urea groups is 1. The van der Waals surface area contributed by atoms with Crippen LogP contribution in [0.5, 0.6) is 5.88 Å². The van der Waals surface area contributed by atoms with Crippen molar-refractivity contribution < 1.29 is 27.5 Å². The van der Waals surface area contributed by atoms with Gasteiger partial charge in [-0.3, -0.25) is 10.1 Å². The molecule has 0 fully saturated rings. The summed E-state index contributed by atoms with van der Waals surface area (Å²) in [6, 6.07) is 0.204. The summed E-state index contributed by atoms with van der Waals surface area (Å²) in [5, 5.41) is 4.88. The smallest absolute Gasteiger partial charge is 0.319 e. The number of primary amides is 1. The first kappa shape index (κ1) is 21.4. The number of nitrogens with one attached hydrogen (secondary N) is 2. The van der Waals surface area contributed by atoms with Crippen LogP contribution < -0.4 is 26.8 Å². The van der Waals surface area contributed by atoms with Crippen molar-refractivity contribution in [2.45, 2.75) is 20.0 Å². The minimum atomic E-state index is -1.40. The maximum absolute atomic E-state index is 13.9. The van der Waals surface area contributed by atoms with Gasteiger partial charge in [0.25, 0.3) is 5.91 Å². The van der Waals surface area contributed by atoms with Crippen LogP contribution >= 0.6 is 11.5 Å². The molecule has 6 N–H and O–H groups in total. The molecule has 8 nitrogen and oxygen atoms in total. The molecule has 2 aromatic rings. The number of nitrogens with zero attached hydrogens (tertiary/aromatic N) is 1. The molecule has 0 saturated carbocycles. The van der Waals surface area contributed by atoms with Crippen molar-refractivity contribution in [2.24, 2.45) is 11.5 Å². The maximum Gasteiger partial charge on any atom is 0.319 e. The largest absolute Gasteiger partial charge is 0.471 e. The van der Waals surface area contributed by atoms with Crippen LogP contribution in [-0.4, -0.2) is 29.4 Å². The van der Waals surface area contributed by atoms with E-state index in [0.29, 0.717) is 31.0 Å². The van der Waals surface area contributed by atoms with Crippen molar-refractivity contribution in [1.29, 1.82) is 0 Å². The average molecular weight is 417 g/mol. The third kappa shape index (κ3) is 4.89. The first-order valence-corrected chi connectivity index (χ1v) is 8.83. The van der Waals surface area contributed by atoms with Gasteiger partial charge >= 0.3 is 6.03 Å². The Morgan fingerprint density at radius 2 is 2.00 bits per heavy atom. The first-order chi connectivity index (χ1) is 13.3. The van der Waals surface area contributed by atoms with Crippen molar-refractivity contribution in [3.05, 3.63) is 40.2 Å². The number of carbonyl (C=O) groups excluding carboxylic acids is 2. The predicted octanol–water partition coefficient (Wildman–Crippen LogP) is 2.02. The summed E-state index contributed by atoms with van der Waals surface area (Å²) >= 11 is 0.687. The Bertz CT molecular complexity index is 891. The maximum atomic E-state index is 13.9. The van der Waals surface area contributed by atoms with E-state index < -0.39 is 41.6 Å². The second-order valence-corrected chi connectivity index (χ2v) is 6.42. The van der Waals surface area contributed by atoms with E-state index in [1.165, 1.54) is 6.92 Å². The Morgan fingerprint density at radius 1 is 1.29 bits per heavy atom. The number of carbonyl (C=O) groups is 2. The minimum absolute atomic E-state index is 0.0104. The van der Waals surface area contributed by atoms with E-state index in [-0.39, 0.29) is 22.0 Å². The molecule has 12 heteroatoms. The summed E-state index contributed by atoms with van der Waals surface area (Å²) in [7, 11) is 0. The topological polar surface area (TPSA) is 132 Å². The highest BCUT2D eigenvalue weighted by atomic mass is 32.1. The fraction of sp³-hybridized carbons (Fsp3) is 0.312. The molecular formula is C16H18F3N5O3S. The molecule has 0 atom stereocenters. The molecule has 0 saturated heterocycles. The summed E-state index contributed by atoms with van der Waals surface area (Å²) in [6.45, 7) is 1.18. The molecule has 0 unspecified atom stereocenters. The zero-order chi connectivity index (χ0) is 20.8. The van der Waals surface area contributed by atoms with Crippen molar-refractivity contribution in [2.75, 3.05) is 18.4 Å². The van der Waals surface area contributed by atoms with Crippen LogP contribution in [0.2, 0.25) is 0 Å². The number of halogens is 3. The third-order valence-corrected chi connectivity index (χ3v) is 4.34. The van der Waals surface area contributed by atoms with E-state index in [2.05, 4.69) is 15.0 Å². The summed E-state index contributed by atoms with van der Waals surface area (Å²) in [4.78, 5) is 23.5. The molecule has 0 aliphatic heterocycles. The third-order valence-electron chi connectivity index (χ3n) is 3.59. The predicted molar refractivity (Wildman–Crippen MR) is 96.7 cm³/mol. The van der Waals surface area contributed by atoms with E-state index in [4.69, 9.17) is 16.2 Å². The van der Waals surface area contributed by atoms with Gasteiger partial charge in [0.2, 0.25) is 5.88 Å². The van der Waals surface area contributed by atoms with Crippen LogP contribution in [0.25, 0.3) is 0 Å². The summed E-state index contributed by atoms with van der Waals surface area (Å²) in [6.07, 6.45) is 0.553. The van der Waals surface area contributed by atoms with E-state index in [9.17, 15) is 22.8 Å². The quantitative estimate of drug-likeness (QED) is 0.385. The van der Waals surface area contributed by atoms with E-state index in [1.54, 1.807) is 0 Å². The van der Waals surface area contributed by atoms with Gasteiger partial charge in [0, 0.05) is 6.54 Å². The Hall–Kier alpha value is -2.86.